The van der Waals surface area contributed by atoms with Crippen molar-refractivity contribution in [1.29, 1.82) is 0 Å². The van der Waals surface area contributed by atoms with E-state index in [1.807, 2.05) is 172 Å². The molecule has 6 fully saturated rings. The standard InChI is InChI=1S/C38H46NO10.C38H44O11.C36H44NO9/c1-20-17-21(2)38-27(11-12-28-31(38)32(42)22(3)34(35(28)49-38)48-36(43)26-9-7-8-10-26)18-29(45-6)37(44)47-33(20)24(5)46-30(41)19-39-15-13-25(14-16-39)23(4)40;1-20-17-21(2)38-26(15-16-27-29(38)30(39)22(3)32(33(27)49-38)48-34(40)25-13-9-10-14-25)18-28(44-5)35(41)47-31(20)23(4)46-37(43)36(42)45-19-24-11-7-6-8-12-24;1-20-17-21(2)36-25(18-27(42-5)35(41)44-31(20)23(4)43-28(38)19-37-15-9-6-10-16-37)13-14-26-29(36)30(39)22(3)32(33(26)46-36)45-34(40)24-11-7-8-12-24/h7-9,11-17,20,22,24,27-29,31-35,42H,10,18-19H2,1-6H3;6-13,15-17,20,22-23,26-33,39H,14,18-19H2,1-5H3;6-11,13-17,20,22-23,25-27,29-33,39H,12,18-19H2,1-5H3/q+1;;+1/b3*21-17+/t20-,22-,24-,27?,28-,29+,31+,32-,33+,34-,35-,38+;20-,22-,23-,26-,27?,28+,29?,30-,31+,32-,33-,38+;20-,22-,23-,25?,26-,27+,29+,30-,31+,32-,33-,36+/m111/s1. The molecule has 3 N–H and O–H groups in total. The zero-order chi connectivity index (χ0) is 103. The molecule has 36 atom stereocenters. The molecule has 0 amide bonds. The summed E-state index contributed by atoms with van der Waals surface area (Å²) >= 11 is 0. The Morgan fingerprint density at radius 2 is 0.757 bits per heavy atom. The van der Waals surface area contributed by atoms with Crippen molar-refractivity contribution in [2.75, 3.05) is 21.3 Å². The molecule has 4 unspecified atom stereocenters. The van der Waals surface area contributed by atoms with Gasteiger partial charge in [-0.05, 0) is 109 Å². The quantitative estimate of drug-likeness (QED) is 0.0210. The van der Waals surface area contributed by atoms with Crippen LogP contribution in [0.3, 0.4) is 0 Å². The van der Waals surface area contributed by atoms with Gasteiger partial charge in [0.15, 0.2) is 48.9 Å². The zero-order valence-electron chi connectivity index (χ0n) is 84.2. The maximum Gasteiger partial charge on any atom is 0.417 e. The highest BCUT2D eigenvalue weighted by Gasteiger charge is 2.73. The molecule has 3 spiro atoms. The Morgan fingerprint density at radius 3 is 1.08 bits per heavy atom. The van der Waals surface area contributed by atoms with Crippen LogP contribution in [0.4, 0.5) is 0 Å². The molecule has 9 aliphatic carbocycles. The van der Waals surface area contributed by atoms with Gasteiger partial charge in [-0.2, -0.15) is 9.13 Å². The van der Waals surface area contributed by atoms with Gasteiger partial charge in [-0.15, -0.1) is 0 Å². The van der Waals surface area contributed by atoms with Gasteiger partial charge >= 0.3 is 59.7 Å². The highest BCUT2D eigenvalue weighted by molar-refractivity contribution is 6.29. The number of aliphatic hydroxyl groups is 3. The summed E-state index contributed by atoms with van der Waals surface area (Å²) in [6, 6.07) is 17.7. The van der Waals surface area contributed by atoms with Gasteiger partial charge in [-0.3, -0.25) is 4.79 Å². The second kappa shape index (κ2) is 44.0. The third-order valence-electron chi connectivity index (χ3n) is 32.4. The van der Waals surface area contributed by atoms with Gasteiger partial charge in [0, 0.05) is 157 Å². The number of methoxy groups -OCH3 is 3. The number of hydrogen-bond acceptors (Lipinski definition) is 30. The van der Waals surface area contributed by atoms with Crippen molar-refractivity contribution in [3.63, 3.8) is 0 Å². The number of pyridine rings is 2. The Balaban J connectivity index is 0.000000155. The van der Waals surface area contributed by atoms with Crippen molar-refractivity contribution >= 4 is 65.5 Å². The maximum absolute atomic E-state index is 13.7. The number of aliphatic hydroxyl groups excluding tert-OH is 3. The average molecular weight is 1990 g/mol. The number of benzene rings is 1. The molecule has 6 aliphatic heterocycles. The lowest BCUT2D eigenvalue weighted by Crippen LogP contribution is -2.57. The predicted molar refractivity (Wildman–Crippen MR) is 513 cm³/mol. The van der Waals surface area contributed by atoms with Crippen LogP contribution in [0.5, 0.6) is 0 Å². The first kappa shape index (κ1) is 105. The van der Waals surface area contributed by atoms with Crippen LogP contribution in [-0.4, -0.2) is 229 Å². The Morgan fingerprint density at radius 1 is 0.431 bits per heavy atom. The van der Waals surface area contributed by atoms with E-state index in [2.05, 4.69) is 6.08 Å². The first-order chi connectivity index (χ1) is 68.8. The number of aromatic nitrogens is 2. The molecular formula is C112H134N2O30+2. The van der Waals surface area contributed by atoms with Gasteiger partial charge in [0.2, 0.25) is 13.1 Å². The lowest BCUT2D eigenvalue weighted by molar-refractivity contribution is -0.686. The van der Waals surface area contributed by atoms with E-state index in [1.54, 1.807) is 109 Å². The number of carbonyl (C=O) groups excluding carboxylic acids is 11. The largest absolute Gasteiger partial charge is 0.456 e. The third-order valence-corrected chi connectivity index (χ3v) is 32.4. The van der Waals surface area contributed by atoms with Crippen molar-refractivity contribution in [3.05, 3.63) is 239 Å². The van der Waals surface area contributed by atoms with E-state index in [9.17, 15) is 68.1 Å². The molecule has 18 rings (SSSR count). The van der Waals surface area contributed by atoms with Crippen LogP contribution in [0.25, 0.3) is 0 Å². The minimum Gasteiger partial charge on any atom is -0.456 e. The molecule has 3 aromatic rings. The molecule has 2 aromatic heterocycles. The van der Waals surface area contributed by atoms with Crippen molar-refractivity contribution in [1.82, 2.24) is 0 Å². The van der Waals surface area contributed by atoms with Crippen molar-refractivity contribution in [2.45, 2.75) is 275 Å². The number of ketones is 1. The van der Waals surface area contributed by atoms with Gasteiger partial charge < -0.3 is 91.1 Å². The SMILES string of the molecule is CO[C@H]1CC2C=C[C@H]3[C@H]4O[C@]2(/C(C)=C/[C@@H](C)[C@@H]([C@@H](C)OC(=O)C[n+]2ccc(C(C)=O)cc2)OC1=O)[C@@H]3[C@H](O)[C@@H](C)[C@H]4OC(=O)C1=CC=CC1.CO[C@H]1CC2C=C[C@H]3[C@H]4O[C@]2(/C(C)=C/[C@@H](C)[C@@H]([C@@H](C)OC(=O)C[n+]2ccccc2)OC1=O)[C@@H]3[C@H](O)[C@@H](C)[C@H]4OC(=O)C1=CC=CC1.CO[C@H]1C[C@H]2C=CC3C4[C@H](O)[C@@H](C)[C@@H](OC(=O)C5=CC=CC5)[C@@H]3O[C@]42/C(C)=C/[C@@H](C)[C@@H]([C@@H](C)OC(=O)C(=O)OCc2ccccc2)OC1=O. The summed E-state index contributed by atoms with van der Waals surface area (Å²) in [5.74, 6) is -11.9. The van der Waals surface area contributed by atoms with Crippen LogP contribution >= 0.6 is 0 Å². The van der Waals surface area contributed by atoms with Gasteiger partial charge in [0.25, 0.3) is 0 Å². The number of esters is 10. The fourth-order valence-corrected chi connectivity index (χ4v) is 25.2. The molecule has 3 saturated carbocycles. The van der Waals surface area contributed by atoms with E-state index in [-0.39, 0.29) is 104 Å². The molecule has 1 aromatic carbocycles. The Kier molecular flexibility index (Phi) is 32.1. The van der Waals surface area contributed by atoms with E-state index >= 15 is 0 Å². The first-order valence-corrected chi connectivity index (χ1v) is 50.2. The minimum absolute atomic E-state index is 0.0147. The summed E-state index contributed by atoms with van der Waals surface area (Å²) in [5.41, 5.74) is 2.41. The van der Waals surface area contributed by atoms with Gasteiger partial charge in [0.05, 0.1) is 18.3 Å². The Hall–Kier alpha value is -11.6. The first-order valence-electron chi connectivity index (χ1n) is 50.2. The fraction of sp³-hybridized carbons (Fsp3) is 0.545. The lowest BCUT2D eigenvalue weighted by Gasteiger charge is -2.49. The van der Waals surface area contributed by atoms with Crippen LogP contribution < -0.4 is 9.13 Å². The van der Waals surface area contributed by atoms with Gasteiger partial charge in [-0.1, -0.05) is 187 Å². The molecule has 0 radical (unpaired) electrons. The Bertz CT molecular complexity index is 5750. The highest BCUT2D eigenvalue weighted by atomic mass is 16.7. The zero-order valence-corrected chi connectivity index (χ0v) is 84.2. The third kappa shape index (κ3) is 20.5. The predicted octanol–water partition coefficient (Wildman–Crippen LogP) is 10.5. The van der Waals surface area contributed by atoms with Crippen molar-refractivity contribution < 1.29 is 153 Å². The molecule has 12 bridgehead atoms. The summed E-state index contributed by atoms with van der Waals surface area (Å²) in [6.07, 6.45) is 29.1. The fourth-order valence-electron chi connectivity index (χ4n) is 25.2. The van der Waals surface area contributed by atoms with E-state index in [1.165, 1.54) is 28.3 Å². The second-order valence-corrected chi connectivity index (χ2v) is 41.2. The lowest BCUT2D eigenvalue weighted by atomic mass is 9.57. The van der Waals surface area contributed by atoms with Gasteiger partial charge in [0.1, 0.15) is 96.7 Å². The van der Waals surface area contributed by atoms with Crippen LogP contribution in [0.2, 0.25) is 0 Å². The number of Topliss-reactive ketones (excluding diaryl/α,β-unsaturated/α-hetero) is 1. The summed E-state index contributed by atoms with van der Waals surface area (Å²) in [7, 11) is 4.33. The molecule has 32 nitrogen and oxygen atoms in total. The summed E-state index contributed by atoms with van der Waals surface area (Å²) in [6.45, 7) is 23.4. The number of hydrogen-bond donors (Lipinski definition) is 3. The number of ether oxygens (including phenoxy) is 16. The van der Waals surface area contributed by atoms with Crippen molar-refractivity contribution in [2.24, 2.45) is 88.8 Å². The van der Waals surface area contributed by atoms with E-state index < -0.39 is 216 Å². The molecule has 32 heteroatoms. The molecule has 8 heterocycles. The average Bonchev–Trinajstić information content (AvgIpc) is 1.54. The van der Waals surface area contributed by atoms with Crippen LogP contribution in [0.15, 0.2) is 228 Å². The van der Waals surface area contributed by atoms with E-state index in [0.717, 1.165) is 16.7 Å². The monoisotopic (exact) mass is 1990 g/mol. The molecule has 15 aliphatic rings. The number of allylic oxidation sites excluding steroid dienone is 9. The summed E-state index contributed by atoms with van der Waals surface area (Å²) in [4.78, 5) is 143. The molecule has 770 valence electrons. The van der Waals surface area contributed by atoms with Crippen LogP contribution in [0.1, 0.15) is 144 Å². The molecular weight excluding hydrogens is 1850 g/mol. The maximum atomic E-state index is 13.7. The summed E-state index contributed by atoms with van der Waals surface area (Å²) in [5, 5.41) is 35.8. The summed E-state index contributed by atoms with van der Waals surface area (Å²) < 4.78 is 100.0. The smallest absolute Gasteiger partial charge is 0.417 e. The Labute approximate surface area is 838 Å². The number of rotatable bonds is 22. The van der Waals surface area contributed by atoms with Crippen LogP contribution in [-0.2, 0) is 143 Å². The molecule has 144 heavy (non-hydrogen) atoms. The second-order valence-electron chi connectivity index (χ2n) is 41.2. The van der Waals surface area contributed by atoms with E-state index in [0.29, 0.717) is 47.1 Å². The molecule has 3 saturated heterocycles. The van der Waals surface area contributed by atoms with Crippen LogP contribution in [0, 0.1) is 88.8 Å². The minimum atomic E-state index is -1.21. The number of nitrogens with zero attached hydrogens (tertiary/aromatic N) is 2. The number of carbonyl (C=O) groups is 11. The normalized spacial score (nSPS) is 38.5. The number of cyclic esters (lactones) is 3. The topological polar surface area (TPSA) is 404 Å². The van der Waals surface area contributed by atoms with Gasteiger partial charge in [-0.25, -0.2) is 47.9 Å². The van der Waals surface area contributed by atoms with E-state index in [4.69, 9.17) is 75.8 Å². The van der Waals surface area contributed by atoms with Crippen molar-refractivity contribution in [3.8, 4) is 0 Å². The highest BCUT2D eigenvalue weighted by Crippen LogP contribution is 2.65.